The third-order valence-electron chi connectivity index (χ3n) is 4.15. The molecule has 96 valence electrons. The van der Waals surface area contributed by atoms with Crippen molar-refractivity contribution in [2.24, 2.45) is 5.41 Å². The second-order valence-electron chi connectivity index (χ2n) is 5.62. The van der Waals surface area contributed by atoms with Gasteiger partial charge in [0.2, 0.25) is 0 Å². The minimum Gasteiger partial charge on any atom is -0.314 e. The lowest BCUT2D eigenvalue weighted by Gasteiger charge is -2.40. The molecule has 2 aliphatic rings. The monoisotopic (exact) mass is 226 g/mol. The van der Waals surface area contributed by atoms with E-state index in [4.69, 9.17) is 0 Å². The SMILES string of the molecule is CC.CC1CC2(CCN(C(C)C)CC2)CN1. The lowest BCUT2D eigenvalue weighted by atomic mass is 9.76. The van der Waals surface area contributed by atoms with Gasteiger partial charge in [-0.1, -0.05) is 13.8 Å². The number of rotatable bonds is 1. The highest BCUT2D eigenvalue weighted by Crippen LogP contribution is 2.39. The van der Waals surface area contributed by atoms with Crippen molar-refractivity contribution in [1.29, 1.82) is 0 Å². The maximum Gasteiger partial charge on any atom is 0.00447 e. The van der Waals surface area contributed by atoms with Crippen LogP contribution < -0.4 is 5.32 Å². The van der Waals surface area contributed by atoms with E-state index in [1.807, 2.05) is 13.8 Å². The van der Waals surface area contributed by atoms with Crippen LogP contribution in [0.1, 0.15) is 53.9 Å². The van der Waals surface area contributed by atoms with Crippen LogP contribution in [0.5, 0.6) is 0 Å². The Morgan fingerprint density at radius 2 is 1.75 bits per heavy atom. The van der Waals surface area contributed by atoms with Crippen molar-refractivity contribution in [2.75, 3.05) is 19.6 Å². The quantitative estimate of drug-likeness (QED) is 0.739. The molecule has 0 aliphatic carbocycles. The zero-order chi connectivity index (χ0) is 12.2. The molecule has 0 aromatic carbocycles. The van der Waals surface area contributed by atoms with E-state index >= 15 is 0 Å². The van der Waals surface area contributed by atoms with Crippen molar-refractivity contribution in [3.63, 3.8) is 0 Å². The Hall–Kier alpha value is -0.0800. The minimum absolute atomic E-state index is 0.658. The second-order valence-corrected chi connectivity index (χ2v) is 5.62. The van der Waals surface area contributed by atoms with Crippen LogP contribution in [0.25, 0.3) is 0 Å². The smallest absolute Gasteiger partial charge is 0.00447 e. The third kappa shape index (κ3) is 3.21. The Kier molecular flexibility index (Phi) is 5.26. The topological polar surface area (TPSA) is 15.3 Å². The number of likely N-dealkylation sites (tertiary alicyclic amines) is 1. The highest BCUT2D eigenvalue weighted by atomic mass is 15.2. The van der Waals surface area contributed by atoms with Crippen LogP contribution in [0.15, 0.2) is 0 Å². The first-order valence-corrected chi connectivity index (χ1v) is 7.09. The average molecular weight is 226 g/mol. The second kappa shape index (κ2) is 6.02. The van der Waals surface area contributed by atoms with Crippen LogP contribution in [-0.4, -0.2) is 36.6 Å². The van der Waals surface area contributed by atoms with Gasteiger partial charge in [0, 0.05) is 18.6 Å². The molecule has 2 heterocycles. The lowest BCUT2D eigenvalue weighted by Crippen LogP contribution is -2.44. The predicted octanol–water partition coefficient (Wildman–Crippen LogP) is 2.89. The lowest BCUT2D eigenvalue weighted by molar-refractivity contribution is 0.0943. The Balaban J connectivity index is 0.000000606. The molecule has 1 unspecified atom stereocenters. The summed E-state index contributed by atoms with van der Waals surface area (Å²) in [6.07, 6.45) is 4.21. The minimum atomic E-state index is 0.658. The van der Waals surface area contributed by atoms with Gasteiger partial charge in [0.05, 0.1) is 0 Å². The van der Waals surface area contributed by atoms with Gasteiger partial charge >= 0.3 is 0 Å². The van der Waals surface area contributed by atoms with Gasteiger partial charge in [0.15, 0.2) is 0 Å². The van der Waals surface area contributed by atoms with Gasteiger partial charge in [-0.3, -0.25) is 0 Å². The van der Waals surface area contributed by atoms with Crippen molar-refractivity contribution in [2.45, 2.75) is 66.0 Å². The molecule has 1 atom stereocenters. The average Bonchev–Trinajstić information content (AvgIpc) is 2.64. The summed E-state index contributed by atoms with van der Waals surface area (Å²) in [7, 11) is 0. The summed E-state index contributed by atoms with van der Waals surface area (Å²) in [5.74, 6) is 0. The normalized spacial score (nSPS) is 29.2. The van der Waals surface area contributed by atoms with Crippen molar-refractivity contribution >= 4 is 0 Å². The molecule has 16 heavy (non-hydrogen) atoms. The zero-order valence-electron chi connectivity index (χ0n) is 11.8. The Bertz CT molecular complexity index is 193. The van der Waals surface area contributed by atoms with E-state index in [0.29, 0.717) is 5.41 Å². The third-order valence-corrected chi connectivity index (χ3v) is 4.15. The molecule has 0 amide bonds. The van der Waals surface area contributed by atoms with E-state index in [0.717, 1.165) is 12.1 Å². The molecular formula is C14H30N2. The summed E-state index contributed by atoms with van der Waals surface area (Å²) < 4.78 is 0. The highest BCUT2D eigenvalue weighted by Gasteiger charge is 2.39. The summed E-state index contributed by atoms with van der Waals surface area (Å²) in [6.45, 7) is 14.8. The summed E-state index contributed by atoms with van der Waals surface area (Å²) in [6, 6.07) is 1.49. The molecule has 0 radical (unpaired) electrons. The highest BCUT2D eigenvalue weighted by molar-refractivity contribution is 4.95. The van der Waals surface area contributed by atoms with Crippen molar-refractivity contribution in [3.05, 3.63) is 0 Å². The molecule has 2 rings (SSSR count). The fourth-order valence-electron chi connectivity index (χ4n) is 3.08. The Labute approximate surface area is 102 Å². The molecule has 0 aromatic heterocycles. The van der Waals surface area contributed by atoms with Crippen LogP contribution in [0.2, 0.25) is 0 Å². The number of piperidine rings is 1. The molecule has 0 bridgehead atoms. The molecule has 2 nitrogen and oxygen atoms in total. The Morgan fingerprint density at radius 3 is 2.12 bits per heavy atom. The van der Waals surface area contributed by atoms with E-state index < -0.39 is 0 Å². The molecular weight excluding hydrogens is 196 g/mol. The van der Waals surface area contributed by atoms with Gasteiger partial charge in [-0.05, 0) is 58.5 Å². The summed E-state index contributed by atoms with van der Waals surface area (Å²) in [4.78, 5) is 2.62. The molecule has 2 aliphatic heterocycles. The van der Waals surface area contributed by atoms with Crippen LogP contribution in [0.3, 0.4) is 0 Å². The van der Waals surface area contributed by atoms with E-state index in [1.54, 1.807) is 0 Å². The van der Waals surface area contributed by atoms with Gasteiger partial charge in [-0.25, -0.2) is 0 Å². The molecule has 1 spiro atoms. The Morgan fingerprint density at radius 1 is 1.19 bits per heavy atom. The summed E-state index contributed by atoms with van der Waals surface area (Å²) >= 11 is 0. The van der Waals surface area contributed by atoms with Gasteiger partial charge in [-0.15, -0.1) is 0 Å². The van der Waals surface area contributed by atoms with Gasteiger partial charge in [0.1, 0.15) is 0 Å². The van der Waals surface area contributed by atoms with Gasteiger partial charge < -0.3 is 10.2 Å². The van der Waals surface area contributed by atoms with E-state index in [9.17, 15) is 0 Å². The standard InChI is InChI=1S/C12H24N2.C2H6/c1-10(2)14-6-4-12(5-7-14)8-11(3)13-9-12;1-2/h10-11,13H,4-9H2,1-3H3;1-2H3. The van der Waals surface area contributed by atoms with Crippen LogP contribution in [0.4, 0.5) is 0 Å². The first kappa shape index (κ1) is 14.0. The van der Waals surface area contributed by atoms with Crippen LogP contribution in [0, 0.1) is 5.41 Å². The van der Waals surface area contributed by atoms with E-state index in [1.165, 1.54) is 38.9 Å². The molecule has 2 fully saturated rings. The number of nitrogens with zero attached hydrogens (tertiary/aromatic N) is 1. The van der Waals surface area contributed by atoms with Crippen molar-refractivity contribution in [1.82, 2.24) is 10.2 Å². The predicted molar refractivity (Wildman–Crippen MR) is 71.8 cm³/mol. The van der Waals surface area contributed by atoms with E-state index in [-0.39, 0.29) is 0 Å². The molecule has 1 N–H and O–H groups in total. The van der Waals surface area contributed by atoms with Crippen molar-refractivity contribution in [3.8, 4) is 0 Å². The van der Waals surface area contributed by atoms with Crippen LogP contribution in [-0.2, 0) is 0 Å². The largest absolute Gasteiger partial charge is 0.314 e. The van der Waals surface area contributed by atoms with Gasteiger partial charge in [-0.2, -0.15) is 0 Å². The first-order valence-electron chi connectivity index (χ1n) is 7.09. The first-order chi connectivity index (χ1) is 7.61. The van der Waals surface area contributed by atoms with Crippen LogP contribution >= 0.6 is 0 Å². The van der Waals surface area contributed by atoms with Gasteiger partial charge in [0.25, 0.3) is 0 Å². The number of hydrogen-bond acceptors (Lipinski definition) is 2. The molecule has 2 saturated heterocycles. The fourth-order valence-corrected chi connectivity index (χ4v) is 3.08. The molecule has 2 heteroatoms. The van der Waals surface area contributed by atoms with E-state index in [2.05, 4.69) is 31.0 Å². The summed E-state index contributed by atoms with van der Waals surface area (Å²) in [5, 5.41) is 3.61. The van der Waals surface area contributed by atoms with Crippen molar-refractivity contribution < 1.29 is 0 Å². The molecule has 0 saturated carbocycles. The fraction of sp³-hybridized carbons (Fsp3) is 1.00. The molecule has 0 aromatic rings. The maximum atomic E-state index is 3.61. The number of hydrogen-bond donors (Lipinski definition) is 1. The zero-order valence-corrected chi connectivity index (χ0v) is 11.8. The summed E-state index contributed by atoms with van der Waals surface area (Å²) in [5.41, 5.74) is 0.658. The number of nitrogens with one attached hydrogen (secondary N) is 1. The maximum absolute atomic E-state index is 3.61.